The van der Waals surface area contributed by atoms with Gasteiger partial charge in [0.05, 0.1) is 0 Å². The van der Waals surface area contributed by atoms with Crippen LogP contribution in [0.4, 0.5) is 10.1 Å². The summed E-state index contributed by atoms with van der Waals surface area (Å²) in [6.45, 7) is 0. The standard InChI is InChI=1S/C14H12ClFN4S/c15-8-5-6-12(17)10(7-8)13(19-20-14(18)21)9-3-1-2-4-11(9)16/h1-7H,17H2,(H3,18,20,21)/b19-13-. The number of hydrazone groups is 1. The zero-order valence-corrected chi connectivity index (χ0v) is 12.4. The SMILES string of the molecule is NC(=S)N/N=C(\c1cc(Cl)ccc1N)c1ccccc1F. The molecule has 2 aromatic carbocycles. The summed E-state index contributed by atoms with van der Waals surface area (Å²) in [6.07, 6.45) is 0. The highest BCUT2D eigenvalue weighted by Crippen LogP contribution is 2.23. The number of hydrogen-bond acceptors (Lipinski definition) is 3. The Labute approximate surface area is 131 Å². The lowest BCUT2D eigenvalue weighted by atomic mass is 10.0. The normalized spacial score (nSPS) is 11.2. The van der Waals surface area contributed by atoms with Crippen LogP contribution < -0.4 is 16.9 Å². The number of rotatable bonds is 3. The van der Waals surface area contributed by atoms with Gasteiger partial charge in [0, 0.05) is 21.8 Å². The molecule has 0 aliphatic heterocycles. The van der Waals surface area contributed by atoms with Gasteiger partial charge < -0.3 is 11.5 Å². The molecule has 0 amide bonds. The molecule has 108 valence electrons. The van der Waals surface area contributed by atoms with Crippen LogP contribution in [0.15, 0.2) is 47.6 Å². The van der Waals surface area contributed by atoms with Crippen molar-refractivity contribution in [3.05, 3.63) is 64.4 Å². The number of thiocarbonyl (C=S) groups is 1. The second kappa shape index (κ2) is 6.51. The third kappa shape index (κ3) is 3.68. The van der Waals surface area contributed by atoms with Crippen LogP contribution in [-0.2, 0) is 0 Å². The van der Waals surface area contributed by atoms with Crippen molar-refractivity contribution in [2.45, 2.75) is 0 Å². The van der Waals surface area contributed by atoms with Crippen LogP contribution in [0.5, 0.6) is 0 Å². The number of nitrogens with one attached hydrogen (secondary N) is 1. The van der Waals surface area contributed by atoms with Crippen LogP contribution in [0.3, 0.4) is 0 Å². The summed E-state index contributed by atoms with van der Waals surface area (Å²) < 4.78 is 14.0. The van der Waals surface area contributed by atoms with E-state index >= 15 is 0 Å². The maximum Gasteiger partial charge on any atom is 0.184 e. The Bertz CT molecular complexity index is 718. The van der Waals surface area contributed by atoms with Gasteiger partial charge in [0.15, 0.2) is 5.11 Å². The number of nitrogens with two attached hydrogens (primary N) is 2. The lowest BCUT2D eigenvalue weighted by Crippen LogP contribution is -2.26. The maximum absolute atomic E-state index is 14.0. The van der Waals surface area contributed by atoms with Crippen LogP contribution >= 0.6 is 23.8 Å². The molecule has 0 fully saturated rings. The molecule has 2 aromatic rings. The van der Waals surface area contributed by atoms with Gasteiger partial charge in [-0.05, 0) is 42.5 Å². The summed E-state index contributed by atoms with van der Waals surface area (Å²) in [4.78, 5) is 0. The lowest BCUT2D eigenvalue weighted by Gasteiger charge is -2.11. The van der Waals surface area contributed by atoms with Gasteiger partial charge >= 0.3 is 0 Å². The van der Waals surface area contributed by atoms with Crippen LogP contribution in [0.1, 0.15) is 11.1 Å². The van der Waals surface area contributed by atoms with Crippen molar-refractivity contribution in [1.29, 1.82) is 0 Å². The molecule has 0 saturated carbocycles. The van der Waals surface area contributed by atoms with Gasteiger partial charge in [0.25, 0.3) is 0 Å². The highest BCUT2D eigenvalue weighted by Gasteiger charge is 2.15. The Kier molecular flexibility index (Phi) is 4.72. The van der Waals surface area contributed by atoms with Gasteiger partial charge in [-0.2, -0.15) is 5.10 Å². The predicted octanol–water partition coefficient (Wildman–Crippen LogP) is 2.65. The number of nitrogens with zero attached hydrogens (tertiary/aromatic N) is 1. The van der Waals surface area contributed by atoms with Gasteiger partial charge in [-0.25, -0.2) is 4.39 Å². The largest absolute Gasteiger partial charge is 0.398 e. The molecular weight excluding hydrogens is 311 g/mol. The topological polar surface area (TPSA) is 76.4 Å². The van der Waals surface area contributed by atoms with Crippen molar-refractivity contribution in [3.63, 3.8) is 0 Å². The Morgan fingerprint density at radius 2 is 1.90 bits per heavy atom. The number of anilines is 1. The molecule has 2 rings (SSSR count). The molecule has 4 nitrogen and oxygen atoms in total. The van der Waals surface area contributed by atoms with E-state index in [0.717, 1.165) is 0 Å². The van der Waals surface area contributed by atoms with E-state index in [1.807, 2.05) is 0 Å². The molecule has 0 aliphatic rings. The molecule has 0 spiro atoms. The van der Waals surface area contributed by atoms with E-state index in [9.17, 15) is 4.39 Å². The lowest BCUT2D eigenvalue weighted by molar-refractivity contribution is 0.625. The predicted molar refractivity (Wildman–Crippen MR) is 87.8 cm³/mol. The van der Waals surface area contributed by atoms with E-state index in [-0.39, 0.29) is 16.4 Å². The molecule has 7 heteroatoms. The average molecular weight is 323 g/mol. The van der Waals surface area contributed by atoms with Crippen molar-refractivity contribution in [3.8, 4) is 0 Å². The minimum absolute atomic E-state index is 0.0376. The van der Waals surface area contributed by atoms with Gasteiger partial charge in [-0.1, -0.05) is 23.7 Å². The molecule has 0 aliphatic carbocycles. The quantitative estimate of drug-likeness (QED) is 0.351. The van der Waals surface area contributed by atoms with Crippen LogP contribution in [0, 0.1) is 5.82 Å². The molecule has 0 aromatic heterocycles. The third-order valence-electron chi connectivity index (χ3n) is 2.68. The first-order valence-corrected chi connectivity index (χ1v) is 6.71. The first-order chi connectivity index (χ1) is 9.99. The van der Waals surface area contributed by atoms with E-state index in [1.165, 1.54) is 6.07 Å². The van der Waals surface area contributed by atoms with Gasteiger partial charge in [0.2, 0.25) is 0 Å². The van der Waals surface area contributed by atoms with Crippen molar-refractivity contribution in [2.75, 3.05) is 5.73 Å². The summed E-state index contributed by atoms with van der Waals surface area (Å²) in [7, 11) is 0. The zero-order valence-electron chi connectivity index (χ0n) is 10.8. The Morgan fingerprint density at radius 3 is 2.57 bits per heavy atom. The molecule has 0 saturated heterocycles. The Morgan fingerprint density at radius 1 is 1.19 bits per heavy atom. The monoisotopic (exact) mass is 322 g/mol. The first-order valence-electron chi connectivity index (χ1n) is 5.92. The van der Waals surface area contributed by atoms with Gasteiger partial charge in [-0.15, -0.1) is 0 Å². The highest BCUT2D eigenvalue weighted by molar-refractivity contribution is 7.80. The highest BCUT2D eigenvalue weighted by atomic mass is 35.5. The second-order valence-electron chi connectivity index (χ2n) is 4.15. The molecule has 5 N–H and O–H groups in total. The number of hydrogen-bond donors (Lipinski definition) is 3. The minimum Gasteiger partial charge on any atom is -0.398 e. The van der Waals surface area contributed by atoms with Gasteiger partial charge in [0.1, 0.15) is 11.5 Å². The van der Waals surface area contributed by atoms with Crippen LogP contribution in [-0.4, -0.2) is 10.8 Å². The third-order valence-corrected chi connectivity index (χ3v) is 3.00. The number of halogens is 2. The molecule has 21 heavy (non-hydrogen) atoms. The fraction of sp³-hybridized carbons (Fsp3) is 0. The van der Waals surface area contributed by atoms with E-state index in [4.69, 9.17) is 35.3 Å². The maximum atomic E-state index is 14.0. The molecule has 0 unspecified atom stereocenters. The Hall–Kier alpha value is -2.18. The summed E-state index contributed by atoms with van der Waals surface area (Å²) >= 11 is 10.7. The zero-order chi connectivity index (χ0) is 15.4. The van der Waals surface area contributed by atoms with E-state index in [2.05, 4.69) is 10.5 Å². The number of nitrogen functional groups attached to an aromatic ring is 1. The second-order valence-corrected chi connectivity index (χ2v) is 5.02. The van der Waals surface area contributed by atoms with E-state index in [1.54, 1.807) is 36.4 Å². The molecule has 0 radical (unpaired) electrons. The fourth-order valence-electron chi connectivity index (χ4n) is 1.76. The minimum atomic E-state index is -0.444. The molecule has 0 atom stereocenters. The summed E-state index contributed by atoms with van der Waals surface area (Å²) in [5, 5.41) is 4.47. The summed E-state index contributed by atoms with van der Waals surface area (Å²) in [5.74, 6) is -0.444. The number of benzene rings is 2. The van der Waals surface area contributed by atoms with Gasteiger partial charge in [-0.3, -0.25) is 5.43 Å². The van der Waals surface area contributed by atoms with Crippen molar-refractivity contribution < 1.29 is 4.39 Å². The Balaban J connectivity index is 2.62. The van der Waals surface area contributed by atoms with Crippen molar-refractivity contribution in [2.24, 2.45) is 10.8 Å². The van der Waals surface area contributed by atoms with E-state index < -0.39 is 5.82 Å². The van der Waals surface area contributed by atoms with E-state index in [0.29, 0.717) is 16.3 Å². The fourth-order valence-corrected chi connectivity index (χ4v) is 1.98. The summed E-state index contributed by atoms with van der Waals surface area (Å²) in [6, 6.07) is 11.0. The molecule has 0 heterocycles. The average Bonchev–Trinajstić information content (AvgIpc) is 2.44. The van der Waals surface area contributed by atoms with Crippen molar-refractivity contribution in [1.82, 2.24) is 5.43 Å². The molecular formula is C14H12ClFN4S. The van der Waals surface area contributed by atoms with Crippen molar-refractivity contribution >= 4 is 40.3 Å². The molecule has 0 bridgehead atoms. The smallest absolute Gasteiger partial charge is 0.184 e. The summed E-state index contributed by atoms with van der Waals surface area (Å²) in [5.41, 5.74) is 15.2. The van der Waals surface area contributed by atoms with Crippen LogP contribution in [0.2, 0.25) is 5.02 Å². The van der Waals surface area contributed by atoms with Crippen LogP contribution in [0.25, 0.3) is 0 Å². The first kappa shape index (κ1) is 15.2.